The molecule has 0 saturated heterocycles. The van der Waals surface area contributed by atoms with Crippen LogP contribution in [0.25, 0.3) is 0 Å². The lowest BCUT2D eigenvalue weighted by molar-refractivity contribution is -0.142. The van der Waals surface area contributed by atoms with E-state index >= 15 is 0 Å². The summed E-state index contributed by atoms with van der Waals surface area (Å²) in [7, 11) is 0. The van der Waals surface area contributed by atoms with E-state index in [2.05, 4.69) is 5.32 Å². The van der Waals surface area contributed by atoms with E-state index in [1.807, 2.05) is 0 Å². The van der Waals surface area contributed by atoms with Crippen LogP contribution in [0, 0.1) is 17.6 Å². The number of hydrogen-bond donors (Lipinski definition) is 2. The molecule has 2 rings (SSSR count). The Morgan fingerprint density at radius 3 is 2.55 bits per heavy atom. The summed E-state index contributed by atoms with van der Waals surface area (Å²) >= 11 is 0. The minimum Gasteiger partial charge on any atom is -0.481 e. The number of carboxylic acid groups (broad SMARTS) is 1. The van der Waals surface area contributed by atoms with Gasteiger partial charge in [-0.3, -0.25) is 4.79 Å². The first-order valence-electron chi connectivity index (χ1n) is 6.91. The molecule has 1 aliphatic rings. The fourth-order valence-corrected chi connectivity index (χ4v) is 2.81. The van der Waals surface area contributed by atoms with E-state index < -0.39 is 17.6 Å². The summed E-state index contributed by atoms with van der Waals surface area (Å²) in [5, 5.41) is 12.2. The number of rotatable bonds is 4. The van der Waals surface area contributed by atoms with Gasteiger partial charge in [0, 0.05) is 17.6 Å². The number of hydrogen-bond acceptors (Lipinski definition) is 2. The smallest absolute Gasteiger partial charge is 0.306 e. The maximum absolute atomic E-state index is 13.7. The van der Waals surface area contributed by atoms with E-state index in [1.54, 1.807) is 13.0 Å². The monoisotopic (exact) mass is 283 g/mol. The van der Waals surface area contributed by atoms with E-state index in [4.69, 9.17) is 5.11 Å². The maximum Gasteiger partial charge on any atom is 0.306 e. The van der Waals surface area contributed by atoms with Crippen molar-refractivity contribution in [2.24, 2.45) is 5.92 Å². The molecule has 1 fully saturated rings. The highest BCUT2D eigenvalue weighted by atomic mass is 19.2. The third-order valence-corrected chi connectivity index (χ3v) is 4.01. The Labute approximate surface area is 117 Å². The normalized spacial score (nSPS) is 24.4. The topological polar surface area (TPSA) is 49.3 Å². The summed E-state index contributed by atoms with van der Waals surface area (Å²) < 4.78 is 26.9. The average molecular weight is 283 g/mol. The van der Waals surface area contributed by atoms with Crippen molar-refractivity contribution >= 4 is 5.97 Å². The van der Waals surface area contributed by atoms with E-state index in [9.17, 15) is 13.6 Å². The van der Waals surface area contributed by atoms with Crippen LogP contribution in [0.2, 0.25) is 0 Å². The van der Waals surface area contributed by atoms with Gasteiger partial charge in [0.2, 0.25) is 0 Å². The molecule has 1 aromatic rings. The van der Waals surface area contributed by atoms with Gasteiger partial charge in [-0.1, -0.05) is 12.1 Å². The third kappa shape index (κ3) is 3.33. The number of carbonyl (C=O) groups is 1. The molecule has 110 valence electrons. The summed E-state index contributed by atoms with van der Waals surface area (Å²) in [6.45, 7) is 1.79. The summed E-state index contributed by atoms with van der Waals surface area (Å²) in [5.41, 5.74) is 0.311. The minimum absolute atomic E-state index is 0.156. The molecule has 0 bridgehead atoms. The highest BCUT2D eigenvalue weighted by molar-refractivity contribution is 5.70. The molecule has 0 radical (unpaired) electrons. The van der Waals surface area contributed by atoms with Crippen molar-refractivity contribution in [1.82, 2.24) is 5.32 Å². The molecule has 1 saturated carbocycles. The van der Waals surface area contributed by atoms with Crippen LogP contribution >= 0.6 is 0 Å². The van der Waals surface area contributed by atoms with E-state index in [0.29, 0.717) is 18.4 Å². The van der Waals surface area contributed by atoms with Crippen LogP contribution in [-0.2, 0) is 4.79 Å². The van der Waals surface area contributed by atoms with Crippen molar-refractivity contribution in [2.75, 3.05) is 0 Å². The van der Waals surface area contributed by atoms with Gasteiger partial charge in [-0.2, -0.15) is 0 Å². The van der Waals surface area contributed by atoms with Crippen molar-refractivity contribution in [3.8, 4) is 0 Å². The number of nitrogens with one attached hydrogen (secondary N) is 1. The lowest BCUT2D eigenvalue weighted by Crippen LogP contribution is -2.36. The standard InChI is InChI=1S/C15H19F2NO2/c1-9(12-3-2-4-13(16)14(12)17)18-11-7-5-10(6-8-11)15(19)20/h2-4,9-11,18H,5-8H2,1H3,(H,19,20). The van der Waals surface area contributed by atoms with Crippen LogP contribution in [0.5, 0.6) is 0 Å². The highest BCUT2D eigenvalue weighted by Crippen LogP contribution is 2.27. The average Bonchev–Trinajstić information content (AvgIpc) is 2.42. The third-order valence-electron chi connectivity index (χ3n) is 4.01. The number of halogens is 2. The molecule has 0 amide bonds. The predicted octanol–water partition coefficient (Wildman–Crippen LogP) is 3.26. The molecule has 3 nitrogen and oxygen atoms in total. The maximum atomic E-state index is 13.7. The summed E-state index contributed by atoms with van der Waals surface area (Å²) in [6.07, 6.45) is 2.76. The van der Waals surface area contributed by atoms with Gasteiger partial charge >= 0.3 is 5.97 Å². The van der Waals surface area contributed by atoms with Gasteiger partial charge < -0.3 is 10.4 Å². The summed E-state index contributed by atoms with van der Waals surface area (Å²) in [5.74, 6) is -2.67. The van der Waals surface area contributed by atoms with Crippen LogP contribution in [0.1, 0.15) is 44.2 Å². The zero-order valence-electron chi connectivity index (χ0n) is 11.4. The van der Waals surface area contributed by atoms with Gasteiger partial charge in [0.15, 0.2) is 11.6 Å². The number of carboxylic acids is 1. The van der Waals surface area contributed by atoms with Gasteiger partial charge in [0.25, 0.3) is 0 Å². The van der Waals surface area contributed by atoms with E-state index in [0.717, 1.165) is 18.9 Å². The quantitative estimate of drug-likeness (QED) is 0.891. The first kappa shape index (κ1) is 14.9. The van der Waals surface area contributed by atoms with Crippen molar-refractivity contribution in [1.29, 1.82) is 0 Å². The predicted molar refractivity (Wildman–Crippen MR) is 71.3 cm³/mol. The van der Waals surface area contributed by atoms with E-state index in [-0.39, 0.29) is 18.0 Å². The zero-order chi connectivity index (χ0) is 14.7. The molecule has 0 spiro atoms. The first-order valence-corrected chi connectivity index (χ1v) is 6.91. The molecule has 0 aliphatic heterocycles. The lowest BCUT2D eigenvalue weighted by Gasteiger charge is -2.29. The number of aliphatic carboxylic acids is 1. The fourth-order valence-electron chi connectivity index (χ4n) is 2.81. The molecule has 1 aromatic carbocycles. The Morgan fingerprint density at radius 1 is 1.30 bits per heavy atom. The molecular formula is C15H19F2NO2. The molecule has 1 atom stereocenters. The second-order valence-electron chi connectivity index (χ2n) is 5.42. The molecule has 1 unspecified atom stereocenters. The van der Waals surface area contributed by atoms with Crippen LogP contribution in [0.4, 0.5) is 8.78 Å². The fraction of sp³-hybridized carbons (Fsp3) is 0.533. The Kier molecular flexibility index (Phi) is 4.70. The molecular weight excluding hydrogens is 264 g/mol. The lowest BCUT2D eigenvalue weighted by atomic mass is 9.85. The van der Waals surface area contributed by atoms with Crippen LogP contribution in [-0.4, -0.2) is 17.1 Å². The molecule has 0 heterocycles. The Bertz CT molecular complexity index is 485. The van der Waals surface area contributed by atoms with Crippen LogP contribution < -0.4 is 5.32 Å². The molecule has 2 N–H and O–H groups in total. The van der Waals surface area contributed by atoms with Gasteiger partial charge in [0.1, 0.15) is 0 Å². The summed E-state index contributed by atoms with van der Waals surface area (Å²) in [6, 6.07) is 4.02. The minimum atomic E-state index is -0.842. The largest absolute Gasteiger partial charge is 0.481 e. The Hall–Kier alpha value is -1.49. The molecule has 1 aliphatic carbocycles. The SMILES string of the molecule is CC(NC1CCC(C(=O)O)CC1)c1cccc(F)c1F. The first-order chi connectivity index (χ1) is 9.49. The Morgan fingerprint density at radius 2 is 1.95 bits per heavy atom. The second kappa shape index (κ2) is 6.31. The molecule has 0 aromatic heterocycles. The van der Waals surface area contributed by atoms with Crippen molar-refractivity contribution < 1.29 is 18.7 Å². The zero-order valence-corrected chi connectivity index (χ0v) is 11.4. The Balaban J connectivity index is 1.94. The highest BCUT2D eigenvalue weighted by Gasteiger charge is 2.27. The van der Waals surface area contributed by atoms with Gasteiger partial charge in [-0.05, 0) is 38.7 Å². The van der Waals surface area contributed by atoms with E-state index in [1.165, 1.54) is 6.07 Å². The number of benzene rings is 1. The molecule has 5 heteroatoms. The van der Waals surface area contributed by atoms with Gasteiger partial charge in [-0.25, -0.2) is 8.78 Å². The van der Waals surface area contributed by atoms with Crippen LogP contribution in [0.3, 0.4) is 0 Å². The molecule has 20 heavy (non-hydrogen) atoms. The van der Waals surface area contributed by atoms with Gasteiger partial charge in [0.05, 0.1) is 5.92 Å². The van der Waals surface area contributed by atoms with Crippen LogP contribution in [0.15, 0.2) is 18.2 Å². The van der Waals surface area contributed by atoms with Crippen molar-refractivity contribution in [2.45, 2.75) is 44.7 Å². The van der Waals surface area contributed by atoms with Crippen molar-refractivity contribution in [3.63, 3.8) is 0 Å². The summed E-state index contributed by atoms with van der Waals surface area (Å²) in [4.78, 5) is 10.9. The van der Waals surface area contributed by atoms with Gasteiger partial charge in [-0.15, -0.1) is 0 Å². The van der Waals surface area contributed by atoms with Crippen molar-refractivity contribution in [3.05, 3.63) is 35.4 Å². The second-order valence-corrected chi connectivity index (χ2v) is 5.42.